The second kappa shape index (κ2) is 18.5. The summed E-state index contributed by atoms with van der Waals surface area (Å²) in [6.45, 7) is 22.9. The van der Waals surface area contributed by atoms with E-state index in [9.17, 15) is 5.26 Å². The quantitative estimate of drug-likeness (QED) is 0.118. The number of fused-ring (bicyclic) bond motifs is 6. The number of nitriles is 1. The van der Waals surface area contributed by atoms with Crippen molar-refractivity contribution in [3.63, 3.8) is 0 Å². The Morgan fingerprint density at radius 3 is 1.27 bits per heavy atom. The summed E-state index contributed by atoms with van der Waals surface area (Å²) in [6, 6.07) is 52.4. The van der Waals surface area contributed by atoms with Gasteiger partial charge in [0.05, 0.1) is 70.4 Å². The number of alkyl halides is 6. The summed E-state index contributed by atoms with van der Waals surface area (Å²) >= 11 is 0. The number of hydrogen-bond acceptors (Lipinski definition) is 4. The Bertz CT molecular complexity index is 4320. The van der Waals surface area contributed by atoms with Gasteiger partial charge in [0.15, 0.2) is 34.5 Å². The fraction of sp³-hybridized carbons (Fsp3) is 0.0317. The summed E-state index contributed by atoms with van der Waals surface area (Å²) in [6.07, 6.45) is -9.71. The molecule has 9 nitrogen and oxygen atoms in total. The molecule has 0 aliphatic carbocycles. The molecule has 0 atom stereocenters. The lowest BCUT2D eigenvalue weighted by molar-refractivity contribution is -0.138. The molecule has 0 unspecified atom stereocenters. The molecule has 0 N–H and O–H groups in total. The van der Waals surface area contributed by atoms with Crippen LogP contribution < -0.4 is 0 Å². The zero-order valence-electron chi connectivity index (χ0n) is 40.2. The standard InChI is InChI=1S/C63H31F6N9/c1-71-44-26-36(35-70)25-40(27-44)38-17-21-55-49(30-38)47-13-7-9-15-53(47)77(55)57-23-19-42(62(64,65)66)32-51(57)60-74-59(37-11-5-4-6-12-37)75-61(76-60)52-33-43(63(67,68)69)20-24-58(52)78-54-16-10-8-14-48(54)50-31-39(18-22-56(50)78)41-28-45(72-2)34-46(29-41)73-3/h4-34H. The Morgan fingerprint density at radius 1 is 0.385 bits per heavy atom. The minimum absolute atomic E-state index is 0.0279. The van der Waals surface area contributed by atoms with Gasteiger partial charge in [-0.3, -0.25) is 0 Å². The predicted molar refractivity (Wildman–Crippen MR) is 289 cm³/mol. The summed E-state index contributed by atoms with van der Waals surface area (Å²) < 4.78 is 93.9. The molecule has 0 saturated carbocycles. The van der Waals surface area contributed by atoms with E-state index < -0.39 is 23.5 Å². The normalized spacial score (nSPS) is 11.7. The van der Waals surface area contributed by atoms with E-state index in [2.05, 4.69) is 20.6 Å². The number of hydrogen-bond donors (Lipinski definition) is 0. The lowest BCUT2D eigenvalue weighted by Crippen LogP contribution is -2.10. The molecule has 12 rings (SSSR count). The number of nitrogens with zero attached hydrogens (tertiary/aromatic N) is 9. The van der Waals surface area contributed by atoms with E-state index in [4.69, 9.17) is 34.7 Å². The largest absolute Gasteiger partial charge is 0.416 e. The van der Waals surface area contributed by atoms with Gasteiger partial charge in [0.1, 0.15) is 0 Å². The van der Waals surface area contributed by atoms with Gasteiger partial charge in [-0.1, -0.05) is 97.1 Å². The van der Waals surface area contributed by atoms with Gasteiger partial charge >= 0.3 is 12.4 Å². The molecule has 9 aromatic carbocycles. The molecule has 370 valence electrons. The van der Waals surface area contributed by atoms with Gasteiger partial charge in [0.2, 0.25) is 0 Å². The molecule has 3 aromatic heterocycles. The average molecular weight is 1030 g/mol. The molecule has 15 heteroatoms. The predicted octanol–water partition coefficient (Wildman–Crippen LogP) is 18.0. The number of halogens is 6. The smallest absolute Gasteiger partial charge is 0.309 e. The Hall–Kier alpha value is -10.9. The van der Waals surface area contributed by atoms with Crippen molar-refractivity contribution in [2.24, 2.45) is 0 Å². The van der Waals surface area contributed by atoms with Crippen LogP contribution in [0.5, 0.6) is 0 Å². The van der Waals surface area contributed by atoms with Gasteiger partial charge in [-0.15, -0.1) is 0 Å². The highest BCUT2D eigenvalue weighted by molar-refractivity contribution is 6.12. The lowest BCUT2D eigenvalue weighted by Gasteiger charge is -2.19. The first kappa shape index (κ1) is 48.1. The van der Waals surface area contributed by atoms with Crippen LogP contribution >= 0.6 is 0 Å². The number of benzene rings is 9. The van der Waals surface area contributed by atoms with Crippen molar-refractivity contribution in [2.75, 3.05) is 0 Å². The van der Waals surface area contributed by atoms with Gasteiger partial charge in [-0.2, -0.15) is 31.6 Å². The molecule has 3 heterocycles. The van der Waals surface area contributed by atoms with Crippen LogP contribution in [-0.2, 0) is 12.4 Å². The Kier molecular flexibility index (Phi) is 11.4. The fourth-order valence-electron chi connectivity index (χ4n) is 10.1. The fourth-order valence-corrected chi connectivity index (χ4v) is 10.1. The van der Waals surface area contributed by atoms with Crippen LogP contribution in [0.2, 0.25) is 0 Å². The van der Waals surface area contributed by atoms with E-state index in [0.717, 1.165) is 35.0 Å². The van der Waals surface area contributed by atoms with Crippen molar-refractivity contribution in [3.05, 3.63) is 239 Å². The van der Waals surface area contributed by atoms with Gasteiger partial charge in [-0.05, 0) is 113 Å². The number of rotatable bonds is 7. The van der Waals surface area contributed by atoms with Crippen LogP contribution in [-0.4, -0.2) is 24.1 Å². The highest BCUT2D eigenvalue weighted by atomic mass is 19.4. The third-order valence-corrected chi connectivity index (χ3v) is 13.6. The molecule has 0 amide bonds. The summed E-state index contributed by atoms with van der Waals surface area (Å²) in [5.41, 5.74) is 4.61. The maximum atomic E-state index is 15.0. The van der Waals surface area contributed by atoms with Crippen LogP contribution in [0.4, 0.5) is 43.4 Å². The second-order valence-electron chi connectivity index (χ2n) is 18.3. The first-order valence-electron chi connectivity index (χ1n) is 23.9. The molecule has 0 spiro atoms. The Labute approximate surface area is 439 Å². The third-order valence-electron chi connectivity index (χ3n) is 13.6. The molecule has 0 fully saturated rings. The molecule has 0 radical (unpaired) electrons. The highest BCUT2D eigenvalue weighted by Gasteiger charge is 2.34. The minimum Gasteiger partial charge on any atom is -0.309 e. The SMILES string of the molecule is [C-]#[N+]c1cc(C#N)cc(-c2ccc3c(c2)c2ccccc2n3-c2ccc(C(F)(F)F)cc2-c2nc(-c3ccccc3)nc(-c3cc(C(F)(F)F)ccc3-n3c4ccccc4c4cc(-c5cc([N+]#[C-])cc([N+]#[C-])c5)ccc43)n2)c1. The first-order chi connectivity index (χ1) is 37.7. The molecule has 0 aliphatic rings. The Balaban J connectivity index is 1.12. The van der Waals surface area contributed by atoms with Gasteiger partial charge in [0.25, 0.3) is 0 Å². The van der Waals surface area contributed by atoms with E-state index >= 15 is 26.3 Å². The van der Waals surface area contributed by atoms with E-state index in [1.165, 1.54) is 24.3 Å². The summed E-state index contributed by atoms with van der Waals surface area (Å²) in [4.78, 5) is 25.2. The molecule has 0 bridgehead atoms. The average Bonchev–Trinajstić information content (AvgIpc) is 4.00. The van der Waals surface area contributed by atoms with Crippen LogP contribution in [0.15, 0.2) is 188 Å². The molecular weight excluding hydrogens is 997 g/mol. The lowest BCUT2D eigenvalue weighted by atomic mass is 10.00. The molecular formula is C63H31F6N9. The summed E-state index contributed by atoms with van der Waals surface area (Å²) in [5, 5.41) is 12.6. The van der Waals surface area contributed by atoms with Crippen molar-refractivity contribution in [3.8, 4) is 73.9 Å². The minimum atomic E-state index is -4.85. The maximum absolute atomic E-state index is 15.0. The Morgan fingerprint density at radius 2 is 0.808 bits per heavy atom. The van der Waals surface area contributed by atoms with Crippen molar-refractivity contribution < 1.29 is 26.3 Å². The first-order valence-corrected chi connectivity index (χ1v) is 23.9. The monoisotopic (exact) mass is 1030 g/mol. The molecule has 78 heavy (non-hydrogen) atoms. The summed E-state index contributed by atoms with van der Waals surface area (Å²) in [7, 11) is 0. The van der Waals surface area contributed by atoms with Crippen LogP contribution in [0, 0.1) is 31.0 Å². The molecule has 0 saturated heterocycles. The maximum Gasteiger partial charge on any atom is 0.416 e. The zero-order valence-corrected chi connectivity index (χ0v) is 40.2. The molecule has 0 aliphatic heterocycles. The third kappa shape index (κ3) is 8.35. The van der Waals surface area contributed by atoms with Crippen molar-refractivity contribution in [2.45, 2.75) is 12.4 Å². The van der Waals surface area contributed by atoms with Crippen molar-refractivity contribution >= 4 is 60.7 Å². The van der Waals surface area contributed by atoms with Crippen LogP contribution in [0.3, 0.4) is 0 Å². The van der Waals surface area contributed by atoms with Gasteiger partial charge in [-0.25, -0.2) is 29.5 Å². The zero-order chi connectivity index (χ0) is 54.0. The van der Waals surface area contributed by atoms with Gasteiger partial charge < -0.3 is 9.13 Å². The van der Waals surface area contributed by atoms with Crippen LogP contribution in [0.1, 0.15) is 16.7 Å². The van der Waals surface area contributed by atoms with E-state index in [0.29, 0.717) is 66.2 Å². The highest BCUT2D eigenvalue weighted by Crippen LogP contribution is 2.44. The topological polar surface area (TPSA) is 85.4 Å². The van der Waals surface area contributed by atoms with Crippen LogP contribution in [0.25, 0.3) is 126 Å². The van der Waals surface area contributed by atoms with E-state index in [1.807, 2.05) is 48.5 Å². The van der Waals surface area contributed by atoms with Gasteiger partial charge in [0, 0.05) is 43.8 Å². The second-order valence-corrected chi connectivity index (χ2v) is 18.3. The van der Waals surface area contributed by atoms with E-state index in [-0.39, 0.29) is 57.0 Å². The number of para-hydroxylation sites is 2. The van der Waals surface area contributed by atoms with Crippen molar-refractivity contribution in [1.82, 2.24) is 24.1 Å². The number of aromatic nitrogens is 5. The molecule has 12 aromatic rings. The van der Waals surface area contributed by atoms with E-state index in [1.54, 1.807) is 100 Å². The summed E-state index contributed by atoms with van der Waals surface area (Å²) in [5.74, 6) is -0.559. The van der Waals surface area contributed by atoms with Crippen molar-refractivity contribution in [1.29, 1.82) is 5.26 Å².